The van der Waals surface area contributed by atoms with Crippen molar-refractivity contribution in [2.45, 2.75) is 538 Å². The molecule has 21 heteroatoms. The Kier molecular flexibility index (Phi) is 65.4. The standard InChI is InChI=1S/C86H182N2O13Si6/c1-7-11-15-19-23-27-31-35-39-43-47-51-55-59-63-67-75-102(91)97-105(79-71-73-87)94-84(81(5)89)86-83(90)85-82(6)93-104(92,77-69-65-61-57-53-49-45-41-37-33-29-25-21-17-13-9-3)100-106(95-85,80-72-74-88)98-103(76-68-64-60-56-52-48-44-40-36-32-28-24-20-16-12-8-2)99-107(96-86,101-105)78-70-66-62-58-54-50-46-42-38-34-30-26-22-18-14-10-4/h81-86,89-92,102-103H,7-80,87-88H2,1-6H3. The van der Waals surface area contributed by atoms with E-state index in [4.69, 9.17) is 49.7 Å². The van der Waals surface area contributed by atoms with Gasteiger partial charge >= 0.3 is 53.8 Å². The fraction of sp³-hybridized carbons (Fsp3) is 1.00. The summed E-state index contributed by atoms with van der Waals surface area (Å²) in [6, 6.07) is 2.52. The third-order valence-electron chi connectivity index (χ3n) is 23.5. The van der Waals surface area contributed by atoms with E-state index in [1.54, 1.807) is 6.92 Å². The van der Waals surface area contributed by atoms with Crippen LogP contribution in [0.1, 0.15) is 465 Å². The molecule has 0 aliphatic carbocycles. The molecule has 0 aromatic carbocycles. The molecule has 3 fully saturated rings. The van der Waals surface area contributed by atoms with Crippen LogP contribution in [0.2, 0.25) is 36.3 Å². The van der Waals surface area contributed by atoms with E-state index in [1.807, 2.05) is 6.92 Å². The largest absolute Gasteiger partial charge is 0.491 e. The maximum absolute atomic E-state index is 13.5. The van der Waals surface area contributed by atoms with Crippen molar-refractivity contribution in [3.63, 3.8) is 0 Å². The number of fused-ring (bicyclic) bond motifs is 4. The molecule has 8 N–H and O–H groups in total. The lowest BCUT2D eigenvalue weighted by Gasteiger charge is -2.44. The minimum Gasteiger partial charge on any atom is -0.413 e. The molecule has 107 heavy (non-hydrogen) atoms. The number of rotatable bonds is 77. The average molecular weight is 1620 g/mol. The van der Waals surface area contributed by atoms with Crippen LogP contribution in [0.3, 0.4) is 0 Å². The normalized spacial score (nSPS) is 24.8. The van der Waals surface area contributed by atoms with Gasteiger partial charge in [0.1, 0.15) is 24.4 Å². The number of hydrogen-bond acceptors (Lipinski definition) is 15. The Morgan fingerprint density at radius 3 is 1.00 bits per heavy atom. The van der Waals surface area contributed by atoms with Crippen LogP contribution < -0.4 is 11.5 Å². The molecule has 3 aliphatic heterocycles. The highest BCUT2D eigenvalue weighted by Gasteiger charge is 2.66. The molecule has 3 rings (SSSR count). The number of nitrogens with two attached hydrogens (primary N) is 2. The Balaban J connectivity index is 1.95. The van der Waals surface area contributed by atoms with E-state index < -0.39 is 90.4 Å². The highest BCUT2D eigenvalue weighted by Crippen LogP contribution is 2.43. The van der Waals surface area contributed by atoms with Gasteiger partial charge in [0.2, 0.25) is 0 Å². The zero-order chi connectivity index (χ0) is 77.3. The smallest absolute Gasteiger partial charge is 0.413 e. The first kappa shape index (κ1) is 102. The summed E-state index contributed by atoms with van der Waals surface area (Å²) in [7, 11) is -22.5. The summed E-state index contributed by atoms with van der Waals surface area (Å²) >= 11 is 0. The second-order valence-corrected chi connectivity index (χ2v) is 49.9. The topological polar surface area (TPSA) is 216 Å². The van der Waals surface area contributed by atoms with Gasteiger partial charge in [0, 0.05) is 24.2 Å². The maximum atomic E-state index is 13.5. The molecule has 638 valence electrons. The van der Waals surface area contributed by atoms with Crippen molar-refractivity contribution in [2.75, 3.05) is 13.1 Å². The molecular formula is C86H182N2O13Si6. The zero-order valence-corrected chi connectivity index (χ0v) is 77.9. The van der Waals surface area contributed by atoms with Gasteiger partial charge in [-0.25, -0.2) is 0 Å². The van der Waals surface area contributed by atoms with Crippen LogP contribution in [0.15, 0.2) is 0 Å². The second kappa shape index (κ2) is 68.7. The number of unbranched alkanes of at least 4 members (excludes halogenated alkanes) is 60. The van der Waals surface area contributed by atoms with Gasteiger partial charge in [-0.15, -0.1) is 0 Å². The minimum atomic E-state index is -4.16. The number of aliphatic hydroxyl groups is 2. The van der Waals surface area contributed by atoms with Crippen LogP contribution in [0.5, 0.6) is 0 Å². The first-order chi connectivity index (χ1) is 52.3. The zero-order valence-electron chi connectivity index (χ0n) is 71.6. The summed E-state index contributed by atoms with van der Waals surface area (Å²) in [4.78, 5) is 25.5. The highest BCUT2D eigenvalue weighted by molar-refractivity contribution is 6.83. The van der Waals surface area contributed by atoms with Gasteiger partial charge in [0.25, 0.3) is 0 Å². The van der Waals surface area contributed by atoms with Crippen LogP contribution in [0, 0.1) is 0 Å². The molecule has 0 radical (unpaired) electrons. The van der Waals surface area contributed by atoms with Gasteiger partial charge < -0.3 is 69.6 Å². The van der Waals surface area contributed by atoms with E-state index in [0.29, 0.717) is 62.2 Å². The number of hydrogen-bond donors (Lipinski definition) is 6. The molecular weight excluding hydrogens is 1440 g/mol. The minimum absolute atomic E-state index is 0.293. The van der Waals surface area contributed by atoms with Gasteiger partial charge in [-0.1, -0.05) is 426 Å². The molecule has 3 aliphatic rings. The fourth-order valence-electron chi connectivity index (χ4n) is 16.7. The third kappa shape index (κ3) is 50.8. The van der Waals surface area contributed by atoms with Crippen molar-refractivity contribution in [2.24, 2.45) is 11.5 Å². The summed E-state index contributed by atoms with van der Waals surface area (Å²) in [5.74, 6) is 0. The monoisotopic (exact) mass is 1620 g/mol. The van der Waals surface area contributed by atoms with Crippen molar-refractivity contribution in [1.82, 2.24) is 0 Å². The van der Waals surface area contributed by atoms with E-state index in [0.717, 1.165) is 83.5 Å². The molecule has 0 aromatic heterocycles. The van der Waals surface area contributed by atoms with E-state index >= 15 is 0 Å². The van der Waals surface area contributed by atoms with Crippen LogP contribution in [-0.4, -0.2) is 123 Å². The van der Waals surface area contributed by atoms with Gasteiger partial charge in [-0.2, -0.15) is 0 Å². The third-order valence-corrected chi connectivity index (χ3v) is 44.3. The predicted molar refractivity (Wildman–Crippen MR) is 464 cm³/mol. The molecule has 4 bridgehead atoms. The summed E-state index contributed by atoms with van der Waals surface area (Å²) in [6.45, 7) is 13.4. The molecule has 12 unspecified atom stereocenters. The lowest BCUT2D eigenvalue weighted by molar-refractivity contribution is -0.138. The Bertz CT molecular complexity index is 1940. The van der Waals surface area contributed by atoms with E-state index in [1.165, 1.54) is 327 Å². The molecule has 3 saturated heterocycles. The SMILES string of the molecule is CCCCCCCCCCCCCCCCCC[SiH](O)O[Si]1(CCCN)OC(C(C)O)C2O[Si](CCCCCCCCCCCCCCCCCC)(O[SiH](CCCCCCCCCCCCCCCCCC)O[Si]3(CCCN)OC(C(C)O[Si](O)(CCCCCCCCCCCCCCCCCC)O3)C2O)O1. The van der Waals surface area contributed by atoms with Crippen molar-refractivity contribution < 1.29 is 58.1 Å². The highest BCUT2D eigenvalue weighted by atomic mass is 28.5. The molecule has 0 aromatic rings. The summed E-state index contributed by atoms with van der Waals surface area (Å²) in [6.07, 6.45) is 74.4. The summed E-state index contributed by atoms with van der Waals surface area (Å²) in [5.41, 5.74) is 12.9. The van der Waals surface area contributed by atoms with Gasteiger partial charge in [0.15, 0.2) is 0 Å². The molecule has 12 atom stereocenters. The molecule has 0 saturated carbocycles. The Hall–Kier alpha value is 0.701. The van der Waals surface area contributed by atoms with Crippen molar-refractivity contribution in [3.05, 3.63) is 0 Å². The summed E-state index contributed by atoms with van der Waals surface area (Å²) in [5, 5.41) is 25.7. The van der Waals surface area contributed by atoms with Crippen LogP contribution in [0.25, 0.3) is 0 Å². The molecule has 0 spiro atoms. The first-order valence-corrected chi connectivity index (χ1v) is 58.9. The Labute approximate surface area is 670 Å². The summed E-state index contributed by atoms with van der Waals surface area (Å²) < 4.78 is 66.9. The Morgan fingerprint density at radius 1 is 0.364 bits per heavy atom. The lowest BCUT2D eigenvalue weighted by atomic mass is 9.97. The Morgan fingerprint density at radius 2 is 0.654 bits per heavy atom. The van der Waals surface area contributed by atoms with Gasteiger partial charge in [-0.3, -0.25) is 0 Å². The second-order valence-electron chi connectivity index (χ2n) is 34.1. The van der Waals surface area contributed by atoms with Crippen molar-refractivity contribution >= 4 is 53.8 Å². The van der Waals surface area contributed by atoms with Crippen LogP contribution in [0.4, 0.5) is 0 Å². The van der Waals surface area contributed by atoms with Gasteiger partial charge in [0.05, 0.1) is 12.2 Å². The van der Waals surface area contributed by atoms with E-state index in [2.05, 4.69) is 27.7 Å². The van der Waals surface area contributed by atoms with Crippen LogP contribution in [-0.2, 0) is 38.3 Å². The maximum Gasteiger partial charge on any atom is 0.491 e. The van der Waals surface area contributed by atoms with E-state index in [-0.39, 0.29) is 0 Å². The molecule has 15 nitrogen and oxygen atoms in total. The fourth-order valence-corrected chi connectivity index (χ4v) is 41.1. The van der Waals surface area contributed by atoms with Gasteiger partial charge in [-0.05, 0) is 64.7 Å². The first-order valence-electron chi connectivity index (χ1n) is 47.6. The van der Waals surface area contributed by atoms with Crippen LogP contribution >= 0.6 is 0 Å². The quantitative estimate of drug-likeness (QED) is 0.0247. The lowest BCUT2D eigenvalue weighted by Crippen LogP contribution is -2.65. The van der Waals surface area contributed by atoms with Crippen molar-refractivity contribution in [3.8, 4) is 0 Å². The molecule has 3 heterocycles. The molecule has 0 amide bonds. The average Bonchev–Trinajstić information content (AvgIpc) is 1.62. The number of aliphatic hydroxyl groups excluding tert-OH is 2. The van der Waals surface area contributed by atoms with Crippen molar-refractivity contribution in [1.29, 1.82) is 0 Å². The van der Waals surface area contributed by atoms with E-state index in [9.17, 15) is 19.8 Å². The predicted octanol–water partition coefficient (Wildman–Crippen LogP) is 24.3.